The maximum atomic E-state index is 12.0. The van der Waals surface area contributed by atoms with Gasteiger partial charge in [0.15, 0.2) is 0 Å². The molecule has 1 heterocycles. The van der Waals surface area contributed by atoms with Crippen LogP contribution in [0.2, 0.25) is 0 Å². The summed E-state index contributed by atoms with van der Waals surface area (Å²) in [6.45, 7) is 3.05. The number of ether oxygens (including phenoxy) is 1. The van der Waals surface area contributed by atoms with Crippen LogP contribution in [0.5, 0.6) is 0 Å². The Morgan fingerprint density at radius 1 is 1.37 bits per heavy atom. The summed E-state index contributed by atoms with van der Waals surface area (Å²) < 4.78 is 5.29. The van der Waals surface area contributed by atoms with Crippen LogP contribution in [-0.4, -0.2) is 34.8 Å². The average molecular weight is 263 g/mol. The van der Waals surface area contributed by atoms with Gasteiger partial charge in [0.05, 0.1) is 12.1 Å². The highest BCUT2D eigenvalue weighted by molar-refractivity contribution is 5.67. The predicted octanol–water partition coefficient (Wildman–Crippen LogP) is 2.56. The summed E-state index contributed by atoms with van der Waals surface area (Å²) in [5.74, 6) is 0. The van der Waals surface area contributed by atoms with Gasteiger partial charge in [-0.1, -0.05) is 30.3 Å². The third-order valence-corrected chi connectivity index (χ3v) is 3.39. The van der Waals surface area contributed by atoms with Gasteiger partial charge in [-0.2, -0.15) is 0 Å². The summed E-state index contributed by atoms with van der Waals surface area (Å²) in [4.78, 5) is 13.6. The fourth-order valence-electron chi connectivity index (χ4n) is 2.34. The van der Waals surface area contributed by atoms with E-state index in [0.717, 1.165) is 24.8 Å². The van der Waals surface area contributed by atoms with Gasteiger partial charge in [-0.3, -0.25) is 0 Å². The van der Waals surface area contributed by atoms with Crippen LogP contribution in [0.1, 0.15) is 31.7 Å². The molecule has 0 radical (unpaired) electrons. The van der Waals surface area contributed by atoms with Crippen LogP contribution >= 0.6 is 0 Å². The third kappa shape index (κ3) is 4.24. The minimum Gasteiger partial charge on any atom is -0.445 e. The van der Waals surface area contributed by atoms with E-state index in [-0.39, 0.29) is 12.7 Å². The van der Waals surface area contributed by atoms with Crippen molar-refractivity contribution in [2.45, 2.75) is 38.4 Å². The number of carbonyl (C=O) groups is 1. The Morgan fingerprint density at radius 2 is 2.11 bits per heavy atom. The monoisotopic (exact) mass is 263 g/mol. The molecule has 0 aromatic heterocycles. The predicted molar refractivity (Wildman–Crippen MR) is 72.7 cm³/mol. The molecule has 4 heteroatoms. The molecule has 19 heavy (non-hydrogen) atoms. The van der Waals surface area contributed by atoms with Gasteiger partial charge in [0.1, 0.15) is 6.61 Å². The number of aliphatic hydroxyl groups is 1. The molecule has 1 aliphatic heterocycles. The van der Waals surface area contributed by atoms with Crippen LogP contribution in [0.4, 0.5) is 4.79 Å². The maximum Gasteiger partial charge on any atom is 0.410 e. The van der Waals surface area contributed by atoms with Crippen molar-refractivity contribution in [2.75, 3.05) is 13.1 Å². The van der Waals surface area contributed by atoms with Gasteiger partial charge < -0.3 is 14.7 Å². The van der Waals surface area contributed by atoms with E-state index in [9.17, 15) is 9.90 Å². The lowest BCUT2D eigenvalue weighted by Gasteiger charge is -2.27. The van der Waals surface area contributed by atoms with E-state index >= 15 is 0 Å². The molecule has 104 valence electrons. The number of benzene rings is 1. The normalized spacial score (nSPS) is 23.8. The summed E-state index contributed by atoms with van der Waals surface area (Å²) in [6.07, 6.45) is 2.24. The number of likely N-dealkylation sites (tertiary alicyclic amines) is 1. The fraction of sp³-hybridized carbons (Fsp3) is 0.533. The molecule has 1 fully saturated rings. The number of hydrogen-bond donors (Lipinski definition) is 1. The van der Waals surface area contributed by atoms with E-state index < -0.39 is 5.60 Å². The summed E-state index contributed by atoms with van der Waals surface area (Å²) in [5.41, 5.74) is 0.167. The van der Waals surface area contributed by atoms with Crippen LogP contribution in [0.25, 0.3) is 0 Å². The lowest BCUT2D eigenvalue weighted by Crippen LogP contribution is -2.42. The molecular formula is C15H21NO3. The lowest BCUT2D eigenvalue weighted by molar-refractivity contribution is 0.0175. The van der Waals surface area contributed by atoms with E-state index in [1.54, 1.807) is 11.8 Å². The van der Waals surface area contributed by atoms with E-state index in [2.05, 4.69) is 0 Å². The van der Waals surface area contributed by atoms with Gasteiger partial charge in [-0.05, 0) is 31.7 Å². The molecule has 1 amide bonds. The second kappa shape index (κ2) is 6.06. The van der Waals surface area contributed by atoms with Crippen molar-refractivity contribution in [1.82, 2.24) is 4.90 Å². The van der Waals surface area contributed by atoms with Crippen LogP contribution in [-0.2, 0) is 11.3 Å². The van der Waals surface area contributed by atoms with Crippen LogP contribution < -0.4 is 0 Å². The zero-order valence-electron chi connectivity index (χ0n) is 11.3. The Morgan fingerprint density at radius 3 is 2.84 bits per heavy atom. The first kappa shape index (κ1) is 13.9. The molecule has 1 N–H and O–H groups in total. The largest absolute Gasteiger partial charge is 0.445 e. The molecule has 0 unspecified atom stereocenters. The van der Waals surface area contributed by atoms with Gasteiger partial charge in [-0.15, -0.1) is 0 Å². The van der Waals surface area contributed by atoms with Crippen molar-refractivity contribution in [2.24, 2.45) is 0 Å². The van der Waals surface area contributed by atoms with Gasteiger partial charge in [-0.25, -0.2) is 4.79 Å². The van der Waals surface area contributed by atoms with Gasteiger partial charge in [0.2, 0.25) is 0 Å². The second-order valence-corrected chi connectivity index (χ2v) is 5.42. The minimum absolute atomic E-state index is 0.276. The maximum absolute atomic E-state index is 12.0. The quantitative estimate of drug-likeness (QED) is 0.892. The molecule has 1 saturated heterocycles. The summed E-state index contributed by atoms with van der Waals surface area (Å²) in [7, 11) is 0. The van der Waals surface area contributed by atoms with Crippen molar-refractivity contribution in [3.8, 4) is 0 Å². The molecule has 1 aliphatic rings. The van der Waals surface area contributed by atoms with E-state index in [1.807, 2.05) is 30.3 Å². The number of nitrogens with zero attached hydrogens (tertiary/aromatic N) is 1. The van der Waals surface area contributed by atoms with Gasteiger partial charge in [0, 0.05) is 6.54 Å². The smallest absolute Gasteiger partial charge is 0.410 e. The molecule has 1 atom stereocenters. The topological polar surface area (TPSA) is 49.8 Å². The number of rotatable bonds is 2. The molecular weight excluding hydrogens is 242 g/mol. The standard InChI is InChI=1S/C15H21NO3/c1-15(18)9-5-6-10-16(12-15)14(17)19-11-13-7-3-2-4-8-13/h2-4,7-8,18H,5-6,9-12H2,1H3/t15-/m0/s1. The van der Waals surface area contributed by atoms with Gasteiger partial charge >= 0.3 is 6.09 Å². The molecule has 0 bridgehead atoms. The van der Waals surface area contributed by atoms with Crippen molar-refractivity contribution in [1.29, 1.82) is 0 Å². The van der Waals surface area contributed by atoms with E-state index in [0.29, 0.717) is 13.1 Å². The first-order valence-corrected chi connectivity index (χ1v) is 6.75. The number of carbonyl (C=O) groups excluding carboxylic acids is 1. The van der Waals surface area contributed by atoms with E-state index in [4.69, 9.17) is 4.74 Å². The van der Waals surface area contributed by atoms with Gasteiger partial charge in [0.25, 0.3) is 0 Å². The SMILES string of the molecule is C[C@]1(O)CCCCN(C(=O)OCc2ccccc2)C1. The Labute approximate surface area is 114 Å². The highest BCUT2D eigenvalue weighted by atomic mass is 16.6. The average Bonchev–Trinajstić information content (AvgIpc) is 2.58. The second-order valence-electron chi connectivity index (χ2n) is 5.42. The highest BCUT2D eigenvalue weighted by Crippen LogP contribution is 2.20. The van der Waals surface area contributed by atoms with E-state index in [1.165, 1.54) is 0 Å². The Kier molecular flexibility index (Phi) is 4.43. The molecule has 1 aromatic rings. The Hall–Kier alpha value is -1.55. The van der Waals surface area contributed by atoms with Crippen LogP contribution in [0, 0.1) is 0 Å². The molecule has 2 rings (SSSR count). The Balaban J connectivity index is 1.88. The fourth-order valence-corrected chi connectivity index (χ4v) is 2.34. The molecule has 0 saturated carbocycles. The molecule has 0 spiro atoms. The zero-order valence-corrected chi connectivity index (χ0v) is 11.3. The number of hydrogen-bond acceptors (Lipinski definition) is 3. The number of β-amino-alcohol motifs (C(OH)–C–C–N with tert-alkyl or cyclic N) is 1. The van der Waals surface area contributed by atoms with Crippen molar-refractivity contribution in [3.05, 3.63) is 35.9 Å². The lowest BCUT2D eigenvalue weighted by atomic mass is 10.0. The van der Waals surface area contributed by atoms with Crippen molar-refractivity contribution < 1.29 is 14.6 Å². The summed E-state index contributed by atoms with van der Waals surface area (Å²) in [5, 5.41) is 10.1. The van der Waals surface area contributed by atoms with Crippen LogP contribution in [0.15, 0.2) is 30.3 Å². The Bertz CT molecular complexity index is 417. The highest BCUT2D eigenvalue weighted by Gasteiger charge is 2.29. The van der Waals surface area contributed by atoms with Crippen LogP contribution in [0.3, 0.4) is 0 Å². The summed E-state index contributed by atoms with van der Waals surface area (Å²) in [6, 6.07) is 9.61. The summed E-state index contributed by atoms with van der Waals surface area (Å²) >= 11 is 0. The first-order chi connectivity index (χ1) is 9.07. The first-order valence-electron chi connectivity index (χ1n) is 6.75. The molecule has 4 nitrogen and oxygen atoms in total. The third-order valence-electron chi connectivity index (χ3n) is 3.39. The molecule has 0 aliphatic carbocycles. The minimum atomic E-state index is -0.803. The number of amides is 1. The molecule has 1 aromatic carbocycles. The van der Waals surface area contributed by atoms with Crippen molar-refractivity contribution >= 4 is 6.09 Å². The van der Waals surface area contributed by atoms with Crippen molar-refractivity contribution in [3.63, 3.8) is 0 Å². The zero-order chi connectivity index (χ0) is 13.7.